The SMILES string of the molecule is CCc1cc2c(SCC(=O)Nc3ccc(OC)cc3OC)ncnc2s1. The lowest BCUT2D eigenvalue weighted by Gasteiger charge is -2.11. The van der Waals surface area contributed by atoms with Crippen LogP contribution in [0.2, 0.25) is 0 Å². The van der Waals surface area contributed by atoms with Gasteiger partial charge in [0.1, 0.15) is 27.7 Å². The second kappa shape index (κ2) is 8.37. The predicted octanol–water partition coefficient (Wildman–Crippen LogP) is 4.00. The molecule has 0 atom stereocenters. The topological polar surface area (TPSA) is 73.3 Å². The van der Waals surface area contributed by atoms with Crippen LogP contribution in [0.4, 0.5) is 5.69 Å². The highest BCUT2D eigenvalue weighted by Crippen LogP contribution is 2.32. The lowest BCUT2D eigenvalue weighted by molar-refractivity contribution is -0.113. The van der Waals surface area contributed by atoms with E-state index in [0.29, 0.717) is 17.2 Å². The standard InChI is InChI=1S/C18H19N3O3S2/c1-4-12-8-13-17(19-10-20-18(13)26-12)25-9-16(22)21-14-6-5-11(23-2)7-15(14)24-3/h5-8,10H,4,9H2,1-3H3,(H,21,22). The highest BCUT2D eigenvalue weighted by molar-refractivity contribution is 8.00. The molecule has 3 aromatic rings. The van der Waals surface area contributed by atoms with Crippen molar-refractivity contribution in [3.05, 3.63) is 35.5 Å². The van der Waals surface area contributed by atoms with Gasteiger partial charge in [0.25, 0.3) is 0 Å². The summed E-state index contributed by atoms with van der Waals surface area (Å²) in [6, 6.07) is 7.37. The van der Waals surface area contributed by atoms with Crippen molar-refractivity contribution in [3.8, 4) is 11.5 Å². The molecule has 1 N–H and O–H groups in total. The van der Waals surface area contributed by atoms with Gasteiger partial charge in [-0.3, -0.25) is 4.79 Å². The zero-order valence-electron chi connectivity index (χ0n) is 14.7. The summed E-state index contributed by atoms with van der Waals surface area (Å²) in [7, 11) is 3.14. The second-order valence-electron chi connectivity index (χ2n) is 5.37. The van der Waals surface area contributed by atoms with Crippen LogP contribution in [0.1, 0.15) is 11.8 Å². The Labute approximate surface area is 160 Å². The van der Waals surface area contributed by atoms with Crippen LogP contribution < -0.4 is 14.8 Å². The number of carbonyl (C=O) groups is 1. The van der Waals surface area contributed by atoms with E-state index in [1.807, 2.05) is 0 Å². The van der Waals surface area contributed by atoms with Gasteiger partial charge in [-0.15, -0.1) is 11.3 Å². The van der Waals surface area contributed by atoms with E-state index in [-0.39, 0.29) is 11.7 Å². The molecule has 0 spiro atoms. The van der Waals surface area contributed by atoms with E-state index in [4.69, 9.17) is 9.47 Å². The first-order chi connectivity index (χ1) is 12.6. The average molecular weight is 390 g/mol. The molecule has 2 aromatic heterocycles. The second-order valence-corrected chi connectivity index (χ2v) is 7.45. The average Bonchev–Trinajstić information content (AvgIpc) is 3.10. The Bertz CT molecular complexity index is 927. The highest BCUT2D eigenvalue weighted by atomic mass is 32.2. The smallest absolute Gasteiger partial charge is 0.234 e. The van der Waals surface area contributed by atoms with Gasteiger partial charge in [0.05, 0.1) is 25.7 Å². The van der Waals surface area contributed by atoms with Gasteiger partial charge in [0, 0.05) is 16.3 Å². The molecule has 0 aliphatic heterocycles. The third-order valence-corrected chi connectivity index (χ3v) is 5.91. The fourth-order valence-electron chi connectivity index (χ4n) is 2.39. The number of fused-ring (bicyclic) bond motifs is 1. The van der Waals surface area contributed by atoms with Crippen molar-refractivity contribution in [2.45, 2.75) is 18.4 Å². The van der Waals surface area contributed by atoms with Gasteiger partial charge >= 0.3 is 0 Å². The molecule has 6 nitrogen and oxygen atoms in total. The van der Waals surface area contributed by atoms with Crippen molar-refractivity contribution < 1.29 is 14.3 Å². The minimum absolute atomic E-state index is 0.129. The Morgan fingerprint density at radius 2 is 2.08 bits per heavy atom. The van der Waals surface area contributed by atoms with E-state index >= 15 is 0 Å². The Hall–Kier alpha value is -2.32. The van der Waals surface area contributed by atoms with Gasteiger partial charge in [-0.25, -0.2) is 9.97 Å². The van der Waals surface area contributed by atoms with Crippen LogP contribution in [0.3, 0.4) is 0 Å². The number of aromatic nitrogens is 2. The van der Waals surface area contributed by atoms with E-state index in [1.165, 1.54) is 16.6 Å². The molecule has 0 bridgehead atoms. The molecule has 3 rings (SSSR count). The van der Waals surface area contributed by atoms with Crippen LogP contribution in [0.15, 0.2) is 35.6 Å². The van der Waals surface area contributed by atoms with Crippen LogP contribution in [0.25, 0.3) is 10.2 Å². The number of methoxy groups -OCH3 is 2. The zero-order valence-corrected chi connectivity index (χ0v) is 16.4. The Morgan fingerprint density at radius 3 is 2.81 bits per heavy atom. The molecular formula is C18H19N3O3S2. The summed E-state index contributed by atoms with van der Waals surface area (Å²) in [6.07, 6.45) is 2.51. The highest BCUT2D eigenvalue weighted by Gasteiger charge is 2.13. The molecule has 0 radical (unpaired) electrons. The third kappa shape index (κ3) is 4.08. The molecule has 0 unspecified atom stereocenters. The van der Waals surface area contributed by atoms with E-state index in [2.05, 4.69) is 28.3 Å². The monoisotopic (exact) mass is 389 g/mol. The first-order valence-corrected chi connectivity index (χ1v) is 9.83. The van der Waals surface area contributed by atoms with Gasteiger partial charge < -0.3 is 14.8 Å². The molecule has 0 saturated carbocycles. The Kier molecular flexibility index (Phi) is 5.95. The molecule has 1 amide bonds. The lowest BCUT2D eigenvalue weighted by atomic mass is 10.2. The summed E-state index contributed by atoms with van der Waals surface area (Å²) in [5.74, 6) is 1.34. The normalized spacial score (nSPS) is 10.7. The number of rotatable bonds is 7. The largest absolute Gasteiger partial charge is 0.497 e. The van der Waals surface area contributed by atoms with Crippen LogP contribution in [-0.4, -0.2) is 35.8 Å². The summed E-state index contributed by atoms with van der Waals surface area (Å²) >= 11 is 3.06. The Balaban J connectivity index is 1.69. The van der Waals surface area contributed by atoms with Crippen molar-refractivity contribution in [3.63, 3.8) is 0 Å². The van der Waals surface area contributed by atoms with Crippen LogP contribution in [0, 0.1) is 0 Å². The maximum Gasteiger partial charge on any atom is 0.234 e. The summed E-state index contributed by atoms with van der Waals surface area (Å²) in [4.78, 5) is 23.2. The maximum absolute atomic E-state index is 12.3. The van der Waals surface area contributed by atoms with E-state index in [1.54, 1.807) is 50.1 Å². The number of thiophene rings is 1. The fourth-order valence-corrected chi connectivity index (χ4v) is 4.17. The molecule has 1 aromatic carbocycles. The number of aryl methyl sites for hydroxylation is 1. The summed E-state index contributed by atoms with van der Waals surface area (Å²) in [5, 5.41) is 4.70. The number of nitrogens with one attached hydrogen (secondary N) is 1. The summed E-state index contributed by atoms with van der Waals surface area (Å²) in [6.45, 7) is 2.11. The molecule has 0 saturated heterocycles. The molecule has 0 aliphatic rings. The number of thioether (sulfide) groups is 1. The van der Waals surface area contributed by atoms with Gasteiger partial charge in [0.2, 0.25) is 5.91 Å². The number of ether oxygens (including phenoxy) is 2. The summed E-state index contributed by atoms with van der Waals surface area (Å²) < 4.78 is 10.5. The predicted molar refractivity (Wildman–Crippen MR) is 106 cm³/mol. The van der Waals surface area contributed by atoms with Crippen molar-refractivity contribution >= 4 is 44.9 Å². The quantitative estimate of drug-likeness (QED) is 0.486. The molecule has 136 valence electrons. The van der Waals surface area contributed by atoms with Crippen molar-refractivity contribution in [1.29, 1.82) is 0 Å². The molecule has 2 heterocycles. The van der Waals surface area contributed by atoms with E-state index in [0.717, 1.165) is 21.7 Å². The van der Waals surface area contributed by atoms with Crippen LogP contribution >= 0.6 is 23.1 Å². The van der Waals surface area contributed by atoms with Gasteiger partial charge in [0.15, 0.2) is 0 Å². The van der Waals surface area contributed by atoms with Gasteiger partial charge in [-0.05, 0) is 24.6 Å². The Morgan fingerprint density at radius 1 is 1.23 bits per heavy atom. The maximum atomic E-state index is 12.3. The minimum Gasteiger partial charge on any atom is -0.497 e. The van der Waals surface area contributed by atoms with Crippen molar-refractivity contribution in [1.82, 2.24) is 9.97 Å². The number of benzene rings is 1. The number of amides is 1. The molecule has 26 heavy (non-hydrogen) atoms. The first-order valence-electron chi connectivity index (χ1n) is 8.02. The first kappa shape index (κ1) is 18.5. The number of nitrogens with zero attached hydrogens (tertiary/aromatic N) is 2. The number of carbonyl (C=O) groups excluding carboxylic acids is 1. The lowest BCUT2D eigenvalue weighted by Crippen LogP contribution is -2.14. The molecule has 0 fully saturated rings. The zero-order chi connectivity index (χ0) is 18.5. The number of hydrogen-bond acceptors (Lipinski definition) is 7. The van der Waals surface area contributed by atoms with E-state index in [9.17, 15) is 4.79 Å². The van der Waals surface area contributed by atoms with E-state index < -0.39 is 0 Å². The van der Waals surface area contributed by atoms with Gasteiger partial charge in [-0.1, -0.05) is 18.7 Å². The fraction of sp³-hybridized carbons (Fsp3) is 0.278. The molecule has 8 heteroatoms. The third-order valence-electron chi connectivity index (χ3n) is 3.72. The van der Waals surface area contributed by atoms with Crippen molar-refractivity contribution in [2.24, 2.45) is 0 Å². The molecular weight excluding hydrogens is 370 g/mol. The van der Waals surface area contributed by atoms with Crippen LogP contribution in [0.5, 0.6) is 11.5 Å². The number of anilines is 1. The van der Waals surface area contributed by atoms with Crippen molar-refractivity contribution in [2.75, 3.05) is 25.3 Å². The van der Waals surface area contributed by atoms with Crippen LogP contribution in [-0.2, 0) is 11.2 Å². The number of hydrogen-bond donors (Lipinski definition) is 1. The molecule has 0 aliphatic carbocycles. The summed E-state index contributed by atoms with van der Waals surface area (Å²) in [5.41, 5.74) is 0.607. The minimum atomic E-state index is -0.129. The van der Waals surface area contributed by atoms with Gasteiger partial charge in [-0.2, -0.15) is 0 Å².